The Bertz CT molecular complexity index is 455. The van der Waals surface area contributed by atoms with Gasteiger partial charge in [-0.1, -0.05) is 39.0 Å². The molecule has 0 heterocycles. The van der Waals surface area contributed by atoms with Gasteiger partial charge < -0.3 is 10.4 Å². The first-order valence-electron chi connectivity index (χ1n) is 7.23. The van der Waals surface area contributed by atoms with E-state index in [2.05, 4.69) is 51.2 Å². The van der Waals surface area contributed by atoms with Gasteiger partial charge in [0.1, 0.15) is 0 Å². The van der Waals surface area contributed by atoms with E-state index in [0.29, 0.717) is 0 Å². The third-order valence-corrected chi connectivity index (χ3v) is 4.56. The molecule has 2 heteroatoms. The molecule has 106 valence electrons. The smallest absolute Gasteiger partial charge is 0.0505 e. The second-order valence-corrected chi connectivity index (χ2v) is 7.06. The second kappa shape index (κ2) is 4.92. The number of hydrogen-bond acceptors (Lipinski definition) is 2. The largest absolute Gasteiger partial charge is 0.396 e. The standard InChI is InChI=1S/C17H27NO/c1-12-6-7-13(16(2,3)4)10-14(12)15(18-5)17(11-19)8-9-17/h6-7,10,15,18-19H,8-9,11H2,1-5H3. The highest BCUT2D eigenvalue weighted by molar-refractivity contribution is 5.38. The van der Waals surface area contributed by atoms with Crippen LogP contribution in [0.2, 0.25) is 0 Å². The second-order valence-electron chi connectivity index (χ2n) is 7.06. The van der Waals surface area contributed by atoms with Crippen molar-refractivity contribution in [3.8, 4) is 0 Å². The maximum atomic E-state index is 9.70. The van der Waals surface area contributed by atoms with Gasteiger partial charge in [-0.3, -0.25) is 0 Å². The Balaban J connectivity index is 2.43. The van der Waals surface area contributed by atoms with E-state index in [1.165, 1.54) is 16.7 Å². The summed E-state index contributed by atoms with van der Waals surface area (Å²) in [6, 6.07) is 7.03. The van der Waals surface area contributed by atoms with Crippen LogP contribution in [0.25, 0.3) is 0 Å². The van der Waals surface area contributed by atoms with Gasteiger partial charge in [-0.05, 0) is 48.9 Å². The molecule has 2 nitrogen and oxygen atoms in total. The zero-order valence-electron chi connectivity index (χ0n) is 12.9. The first-order valence-corrected chi connectivity index (χ1v) is 7.23. The first kappa shape index (κ1) is 14.5. The van der Waals surface area contributed by atoms with Gasteiger partial charge >= 0.3 is 0 Å². The molecular weight excluding hydrogens is 234 g/mol. The highest BCUT2D eigenvalue weighted by Gasteiger charge is 2.49. The van der Waals surface area contributed by atoms with Crippen LogP contribution in [0.3, 0.4) is 0 Å². The predicted molar refractivity (Wildman–Crippen MR) is 80.4 cm³/mol. The lowest BCUT2D eigenvalue weighted by Gasteiger charge is -2.29. The Kier molecular flexibility index (Phi) is 3.76. The Morgan fingerprint density at radius 1 is 1.32 bits per heavy atom. The monoisotopic (exact) mass is 261 g/mol. The molecule has 1 atom stereocenters. The summed E-state index contributed by atoms with van der Waals surface area (Å²) < 4.78 is 0. The number of aryl methyl sites for hydroxylation is 1. The molecule has 1 aliphatic rings. The van der Waals surface area contributed by atoms with Crippen LogP contribution in [0.15, 0.2) is 18.2 Å². The normalized spacial score (nSPS) is 19.3. The molecule has 1 fully saturated rings. The third-order valence-electron chi connectivity index (χ3n) is 4.56. The molecule has 0 bridgehead atoms. The molecule has 2 N–H and O–H groups in total. The summed E-state index contributed by atoms with van der Waals surface area (Å²) in [6.45, 7) is 9.18. The van der Waals surface area contributed by atoms with Gasteiger partial charge in [0.15, 0.2) is 0 Å². The van der Waals surface area contributed by atoms with E-state index >= 15 is 0 Å². The lowest BCUT2D eigenvalue weighted by molar-refractivity contribution is 0.175. The van der Waals surface area contributed by atoms with E-state index in [4.69, 9.17) is 0 Å². The summed E-state index contributed by atoms with van der Waals surface area (Å²) in [5, 5.41) is 13.1. The van der Waals surface area contributed by atoms with Gasteiger partial charge in [0, 0.05) is 11.5 Å². The molecule has 1 aliphatic carbocycles. The topological polar surface area (TPSA) is 32.3 Å². The zero-order valence-corrected chi connectivity index (χ0v) is 12.9. The molecule has 0 spiro atoms. The first-order chi connectivity index (χ1) is 8.84. The van der Waals surface area contributed by atoms with Crippen LogP contribution < -0.4 is 5.32 Å². The van der Waals surface area contributed by atoms with Crippen LogP contribution >= 0.6 is 0 Å². The van der Waals surface area contributed by atoms with Crippen molar-refractivity contribution < 1.29 is 5.11 Å². The number of rotatable bonds is 4. The molecule has 19 heavy (non-hydrogen) atoms. The highest BCUT2D eigenvalue weighted by Crippen LogP contribution is 2.55. The Hall–Kier alpha value is -0.860. The van der Waals surface area contributed by atoms with Gasteiger partial charge in [-0.15, -0.1) is 0 Å². The maximum Gasteiger partial charge on any atom is 0.0505 e. The van der Waals surface area contributed by atoms with Crippen molar-refractivity contribution in [2.24, 2.45) is 5.41 Å². The lowest BCUT2D eigenvalue weighted by atomic mass is 9.81. The van der Waals surface area contributed by atoms with E-state index in [1.807, 2.05) is 7.05 Å². The Morgan fingerprint density at radius 3 is 2.37 bits per heavy atom. The fraction of sp³-hybridized carbons (Fsp3) is 0.647. The minimum Gasteiger partial charge on any atom is -0.396 e. The van der Waals surface area contributed by atoms with Crippen molar-refractivity contribution in [3.63, 3.8) is 0 Å². The van der Waals surface area contributed by atoms with Crippen LogP contribution in [-0.2, 0) is 5.41 Å². The Labute approximate surface area is 117 Å². The van der Waals surface area contributed by atoms with Crippen molar-refractivity contribution in [2.45, 2.75) is 52.0 Å². The van der Waals surface area contributed by atoms with E-state index in [1.54, 1.807) is 0 Å². The van der Waals surface area contributed by atoms with Crippen LogP contribution in [0.4, 0.5) is 0 Å². The fourth-order valence-electron chi connectivity index (χ4n) is 2.91. The number of hydrogen-bond donors (Lipinski definition) is 2. The summed E-state index contributed by atoms with van der Waals surface area (Å²) in [4.78, 5) is 0. The van der Waals surface area contributed by atoms with Crippen LogP contribution in [0.5, 0.6) is 0 Å². The van der Waals surface area contributed by atoms with Crippen molar-refractivity contribution in [1.82, 2.24) is 5.32 Å². The predicted octanol–water partition coefficient (Wildman–Crippen LogP) is 3.33. The van der Waals surface area contributed by atoms with Crippen LogP contribution in [-0.4, -0.2) is 18.8 Å². The summed E-state index contributed by atoms with van der Waals surface area (Å²) in [7, 11) is 2.00. The highest BCUT2D eigenvalue weighted by atomic mass is 16.3. The zero-order chi connectivity index (χ0) is 14.3. The molecule has 0 aliphatic heterocycles. The molecule has 0 aromatic heterocycles. The summed E-state index contributed by atoms with van der Waals surface area (Å²) in [5.41, 5.74) is 4.25. The third kappa shape index (κ3) is 2.70. The minimum atomic E-state index is 0.0655. The molecule has 1 saturated carbocycles. The van der Waals surface area contributed by atoms with E-state index < -0.39 is 0 Å². The van der Waals surface area contributed by atoms with E-state index in [0.717, 1.165) is 12.8 Å². The SMILES string of the molecule is CNC(c1cc(C(C)(C)C)ccc1C)C1(CO)CC1. The van der Waals surface area contributed by atoms with Gasteiger partial charge in [0.25, 0.3) is 0 Å². The number of aliphatic hydroxyl groups excluding tert-OH is 1. The molecule has 0 radical (unpaired) electrons. The van der Waals surface area contributed by atoms with Gasteiger partial charge in [0.2, 0.25) is 0 Å². The quantitative estimate of drug-likeness (QED) is 0.871. The van der Waals surface area contributed by atoms with Crippen LogP contribution in [0.1, 0.15) is 56.3 Å². The minimum absolute atomic E-state index is 0.0655. The maximum absolute atomic E-state index is 9.70. The average Bonchev–Trinajstić information content (AvgIpc) is 3.12. The van der Waals surface area contributed by atoms with Crippen molar-refractivity contribution in [2.75, 3.05) is 13.7 Å². The molecule has 1 aromatic rings. The summed E-state index contributed by atoms with van der Waals surface area (Å²) >= 11 is 0. The summed E-state index contributed by atoms with van der Waals surface area (Å²) in [6.07, 6.45) is 2.24. The van der Waals surface area contributed by atoms with Gasteiger partial charge in [-0.25, -0.2) is 0 Å². The van der Waals surface area contributed by atoms with Crippen molar-refractivity contribution in [3.05, 3.63) is 34.9 Å². The van der Waals surface area contributed by atoms with Crippen molar-refractivity contribution >= 4 is 0 Å². The molecule has 0 amide bonds. The number of nitrogens with one attached hydrogen (secondary N) is 1. The Morgan fingerprint density at radius 2 is 1.95 bits per heavy atom. The average molecular weight is 261 g/mol. The van der Waals surface area contributed by atoms with Gasteiger partial charge in [-0.2, -0.15) is 0 Å². The number of benzene rings is 1. The van der Waals surface area contributed by atoms with Gasteiger partial charge in [0.05, 0.1) is 6.61 Å². The fourth-order valence-corrected chi connectivity index (χ4v) is 2.91. The van der Waals surface area contributed by atoms with Crippen molar-refractivity contribution in [1.29, 1.82) is 0 Å². The molecule has 1 aromatic carbocycles. The molecule has 0 saturated heterocycles. The molecule has 1 unspecified atom stereocenters. The van der Waals surface area contributed by atoms with E-state index in [9.17, 15) is 5.11 Å². The lowest BCUT2D eigenvalue weighted by Crippen LogP contribution is -2.30. The number of aliphatic hydroxyl groups is 1. The van der Waals surface area contributed by atoms with E-state index in [-0.39, 0.29) is 23.5 Å². The van der Waals surface area contributed by atoms with Crippen LogP contribution in [0, 0.1) is 12.3 Å². The summed E-state index contributed by atoms with van der Waals surface area (Å²) in [5.74, 6) is 0. The molecular formula is C17H27NO. The molecule has 2 rings (SSSR count).